The molecule has 4 unspecified atom stereocenters. The molecule has 4 atom stereocenters. The number of ether oxygens (including phenoxy) is 1. The Morgan fingerprint density at radius 3 is 2.73 bits per heavy atom. The summed E-state index contributed by atoms with van der Waals surface area (Å²) in [6, 6.07) is 0. The van der Waals surface area contributed by atoms with Crippen LogP contribution in [0.25, 0.3) is 11.2 Å². The van der Waals surface area contributed by atoms with Crippen LogP contribution in [0.1, 0.15) is 6.23 Å². The predicted molar refractivity (Wildman–Crippen MR) is 75.4 cm³/mol. The lowest BCUT2D eigenvalue weighted by Gasteiger charge is -2.34. The van der Waals surface area contributed by atoms with E-state index >= 15 is 0 Å². The van der Waals surface area contributed by atoms with Gasteiger partial charge in [0.1, 0.15) is 18.3 Å². The maximum Gasteiger partial charge on any atom is 0.284 e. The largest absolute Gasteiger partial charge is 0.388 e. The first-order chi connectivity index (χ1) is 10.5. The average Bonchev–Trinajstić information content (AvgIpc) is 2.92. The Balaban J connectivity index is 2.12. The summed E-state index contributed by atoms with van der Waals surface area (Å²) in [5.74, 6) is 0. The van der Waals surface area contributed by atoms with Crippen molar-refractivity contribution in [2.45, 2.75) is 29.7 Å². The number of hydrogen-bond donors (Lipinski definition) is 3. The molecule has 1 aliphatic heterocycles. The quantitative estimate of drug-likeness (QED) is 0.416. The minimum atomic E-state index is -1.42. The second kappa shape index (κ2) is 5.59. The Labute approximate surface area is 128 Å². The van der Waals surface area contributed by atoms with E-state index in [4.69, 9.17) is 4.74 Å². The number of aliphatic hydroxyl groups excluding tert-OH is 3. The molecular formula is C11H15N5O5S. The molecule has 120 valence electrons. The molecule has 0 saturated carbocycles. The van der Waals surface area contributed by atoms with Crippen LogP contribution in [-0.2, 0) is 11.8 Å². The van der Waals surface area contributed by atoms with Crippen molar-refractivity contribution in [1.82, 2.24) is 24.5 Å². The molecule has 1 saturated heterocycles. The van der Waals surface area contributed by atoms with Gasteiger partial charge in [-0.1, -0.05) is 17.0 Å². The van der Waals surface area contributed by atoms with Crippen molar-refractivity contribution in [3.8, 4) is 0 Å². The van der Waals surface area contributed by atoms with Crippen LogP contribution < -0.4 is 5.56 Å². The summed E-state index contributed by atoms with van der Waals surface area (Å²) in [6.45, 7) is -0.176. The first-order valence-electron chi connectivity index (χ1n) is 6.47. The minimum absolute atomic E-state index is 0.0386. The van der Waals surface area contributed by atoms with Crippen molar-refractivity contribution in [2.75, 3.05) is 12.9 Å². The molecule has 3 heterocycles. The van der Waals surface area contributed by atoms with E-state index in [1.165, 1.54) is 16.3 Å². The molecule has 1 aliphatic rings. The zero-order valence-electron chi connectivity index (χ0n) is 11.8. The third-order valence-electron chi connectivity index (χ3n) is 3.56. The molecule has 0 radical (unpaired) electrons. The Hall–Kier alpha value is -1.53. The molecule has 10 nitrogen and oxygen atoms in total. The van der Waals surface area contributed by atoms with Crippen molar-refractivity contribution in [3.05, 3.63) is 10.4 Å². The van der Waals surface area contributed by atoms with Gasteiger partial charge in [0.2, 0.25) is 0 Å². The Morgan fingerprint density at radius 1 is 1.32 bits per heavy atom. The molecule has 22 heavy (non-hydrogen) atoms. The molecule has 3 N–H and O–H groups in total. The number of aliphatic hydroxyl groups is 3. The van der Waals surface area contributed by atoms with Crippen molar-refractivity contribution < 1.29 is 20.1 Å². The monoisotopic (exact) mass is 329 g/mol. The molecule has 0 aromatic carbocycles. The second-order valence-corrected chi connectivity index (χ2v) is 5.71. The van der Waals surface area contributed by atoms with E-state index in [2.05, 4.69) is 15.3 Å². The van der Waals surface area contributed by atoms with Gasteiger partial charge in [-0.2, -0.15) is 4.68 Å². The zero-order valence-corrected chi connectivity index (χ0v) is 12.6. The molecule has 2 aromatic rings. The Morgan fingerprint density at radius 2 is 2.05 bits per heavy atom. The number of nitrogens with zero attached hydrogens (tertiary/aromatic N) is 5. The lowest BCUT2D eigenvalue weighted by Crippen LogP contribution is -2.50. The van der Waals surface area contributed by atoms with Gasteiger partial charge >= 0.3 is 0 Å². The van der Waals surface area contributed by atoms with Crippen molar-refractivity contribution >= 4 is 22.9 Å². The summed E-state index contributed by atoms with van der Waals surface area (Å²) in [4.78, 5) is 16.5. The standard InChI is InChI=1S/C11H15N5O5S/c1-15-9(20)5-8(12-11(15)22-2)16(14-13-5)10-7(19)6(18)4(17)3-21-10/h4,6-7,10,17-19H,3H2,1-2H3. The molecule has 2 aromatic heterocycles. The van der Waals surface area contributed by atoms with Gasteiger partial charge in [0.05, 0.1) is 6.61 Å². The summed E-state index contributed by atoms with van der Waals surface area (Å²) >= 11 is 1.28. The first-order valence-corrected chi connectivity index (χ1v) is 7.70. The van der Waals surface area contributed by atoms with Crippen LogP contribution in [-0.4, -0.2) is 71.0 Å². The fraction of sp³-hybridized carbons (Fsp3) is 0.636. The van der Waals surface area contributed by atoms with Crippen LogP contribution in [0, 0.1) is 0 Å². The first kappa shape index (κ1) is 15.4. The van der Waals surface area contributed by atoms with Crippen molar-refractivity contribution in [2.24, 2.45) is 7.05 Å². The highest BCUT2D eigenvalue weighted by Gasteiger charge is 2.40. The topological polar surface area (TPSA) is 136 Å². The minimum Gasteiger partial charge on any atom is -0.388 e. The van der Waals surface area contributed by atoms with Crippen LogP contribution in [0.3, 0.4) is 0 Å². The highest BCUT2D eigenvalue weighted by molar-refractivity contribution is 7.98. The lowest BCUT2D eigenvalue weighted by molar-refractivity contribution is -0.213. The smallest absolute Gasteiger partial charge is 0.284 e. The third kappa shape index (κ3) is 2.21. The maximum atomic E-state index is 12.2. The van der Waals surface area contributed by atoms with Crippen LogP contribution in [0.4, 0.5) is 0 Å². The van der Waals surface area contributed by atoms with E-state index in [1.54, 1.807) is 13.3 Å². The molecule has 1 fully saturated rings. The summed E-state index contributed by atoms with van der Waals surface area (Å²) < 4.78 is 7.81. The maximum absolute atomic E-state index is 12.2. The number of fused-ring (bicyclic) bond motifs is 1. The van der Waals surface area contributed by atoms with Gasteiger partial charge in [0.15, 0.2) is 22.5 Å². The van der Waals surface area contributed by atoms with Gasteiger partial charge in [0.25, 0.3) is 5.56 Å². The van der Waals surface area contributed by atoms with Gasteiger partial charge < -0.3 is 20.1 Å². The van der Waals surface area contributed by atoms with Crippen LogP contribution in [0.2, 0.25) is 0 Å². The summed E-state index contributed by atoms with van der Waals surface area (Å²) in [5.41, 5.74) is -0.178. The van der Waals surface area contributed by atoms with E-state index < -0.39 is 24.5 Å². The van der Waals surface area contributed by atoms with E-state index in [0.29, 0.717) is 5.16 Å². The number of thioether (sulfide) groups is 1. The van der Waals surface area contributed by atoms with E-state index in [9.17, 15) is 20.1 Å². The van der Waals surface area contributed by atoms with E-state index in [1.807, 2.05) is 0 Å². The van der Waals surface area contributed by atoms with Crippen molar-refractivity contribution in [3.63, 3.8) is 0 Å². The normalized spacial score (nSPS) is 29.1. The van der Waals surface area contributed by atoms with E-state index in [0.717, 1.165) is 4.68 Å². The summed E-state index contributed by atoms with van der Waals surface area (Å²) in [7, 11) is 1.58. The predicted octanol–water partition coefficient (Wildman–Crippen LogP) is -2.14. The van der Waals surface area contributed by atoms with Crippen LogP contribution >= 0.6 is 11.8 Å². The average molecular weight is 329 g/mol. The zero-order chi connectivity index (χ0) is 16.0. The molecule has 0 bridgehead atoms. The number of hydrogen-bond acceptors (Lipinski definition) is 9. The molecule has 3 rings (SSSR count). The van der Waals surface area contributed by atoms with Crippen LogP contribution in [0.5, 0.6) is 0 Å². The molecule has 0 aliphatic carbocycles. The van der Waals surface area contributed by atoms with Gasteiger partial charge in [-0.15, -0.1) is 5.10 Å². The number of aromatic nitrogens is 5. The Bertz CT molecular complexity index is 761. The van der Waals surface area contributed by atoms with Gasteiger partial charge in [-0.3, -0.25) is 9.36 Å². The van der Waals surface area contributed by atoms with Gasteiger partial charge in [0, 0.05) is 7.05 Å². The van der Waals surface area contributed by atoms with Crippen LogP contribution in [0.15, 0.2) is 9.95 Å². The van der Waals surface area contributed by atoms with Crippen molar-refractivity contribution in [1.29, 1.82) is 0 Å². The second-order valence-electron chi connectivity index (χ2n) is 4.94. The molecule has 0 amide bonds. The van der Waals surface area contributed by atoms with Gasteiger partial charge in [-0.25, -0.2) is 4.98 Å². The lowest BCUT2D eigenvalue weighted by atomic mass is 10.0. The molecule has 11 heteroatoms. The Kier molecular flexibility index (Phi) is 3.91. The highest BCUT2D eigenvalue weighted by atomic mass is 32.2. The third-order valence-corrected chi connectivity index (χ3v) is 4.29. The SMILES string of the molecule is CSc1nc2c(nnn2C2OCC(O)C(O)C2O)c(=O)n1C. The summed E-state index contributed by atoms with van der Waals surface area (Å²) in [6.07, 6.45) is -3.31. The molecule has 0 spiro atoms. The van der Waals surface area contributed by atoms with Gasteiger partial charge in [-0.05, 0) is 6.26 Å². The number of rotatable bonds is 2. The fourth-order valence-corrected chi connectivity index (χ4v) is 2.84. The summed E-state index contributed by atoms with van der Waals surface area (Å²) in [5, 5.41) is 37.3. The highest BCUT2D eigenvalue weighted by Crippen LogP contribution is 2.25. The fourth-order valence-electron chi connectivity index (χ4n) is 2.30. The van der Waals surface area contributed by atoms with E-state index in [-0.39, 0.29) is 23.3 Å². The molecular weight excluding hydrogens is 314 g/mol.